The van der Waals surface area contributed by atoms with E-state index in [1.807, 2.05) is 13.0 Å². The maximum absolute atomic E-state index is 11.9. The van der Waals surface area contributed by atoms with Crippen molar-refractivity contribution >= 4 is 21.8 Å². The van der Waals surface area contributed by atoms with E-state index in [2.05, 4.69) is 21.2 Å². The fraction of sp³-hybridized carbons (Fsp3) is 0.417. The molecule has 0 saturated carbocycles. The topological polar surface area (TPSA) is 58.6 Å². The highest BCUT2D eigenvalue weighted by Gasteiger charge is 2.13. The molecule has 0 aliphatic rings. The molecule has 0 aromatic heterocycles. The molecule has 1 unspecified atom stereocenters. The van der Waals surface area contributed by atoms with Crippen molar-refractivity contribution < 1.29 is 14.6 Å². The summed E-state index contributed by atoms with van der Waals surface area (Å²) in [7, 11) is 1.53. The average molecular weight is 302 g/mol. The first-order chi connectivity index (χ1) is 8.08. The van der Waals surface area contributed by atoms with Crippen LogP contribution in [0.4, 0.5) is 0 Å². The summed E-state index contributed by atoms with van der Waals surface area (Å²) in [4.78, 5) is 11.9. The van der Waals surface area contributed by atoms with Gasteiger partial charge in [0.2, 0.25) is 0 Å². The number of rotatable bonds is 5. The van der Waals surface area contributed by atoms with Gasteiger partial charge in [0.15, 0.2) is 0 Å². The molecule has 1 aromatic carbocycles. The molecule has 1 amide bonds. The normalized spacial score (nSPS) is 12.2. The van der Waals surface area contributed by atoms with Crippen molar-refractivity contribution in [3.05, 3.63) is 33.8 Å². The van der Waals surface area contributed by atoms with Gasteiger partial charge in [-0.1, -0.05) is 22.0 Å². The maximum Gasteiger partial charge on any atom is 0.251 e. The van der Waals surface area contributed by atoms with Crippen molar-refractivity contribution in [3.8, 4) is 0 Å². The smallest absolute Gasteiger partial charge is 0.251 e. The fourth-order valence-electron chi connectivity index (χ4n) is 1.34. The summed E-state index contributed by atoms with van der Waals surface area (Å²) in [5.41, 5.74) is 1.62. The predicted molar refractivity (Wildman–Crippen MR) is 69.1 cm³/mol. The minimum Gasteiger partial charge on any atom is -0.394 e. The Bertz CT molecular complexity index is 395. The van der Waals surface area contributed by atoms with Gasteiger partial charge in [0.05, 0.1) is 19.3 Å². The van der Waals surface area contributed by atoms with E-state index in [0.29, 0.717) is 5.56 Å². The minimum absolute atomic E-state index is 0.146. The lowest BCUT2D eigenvalue weighted by Crippen LogP contribution is -2.40. The third-order valence-corrected chi connectivity index (χ3v) is 3.21. The molecule has 1 atom stereocenters. The number of aliphatic hydroxyl groups is 1. The van der Waals surface area contributed by atoms with Crippen LogP contribution in [-0.2, 0) is 4.74 Å². The van der Waals surface area contributed by atoms with Crippen LogP contribution in [0.3, 0.4) is 0 Å². The van der Waals surface area contributed by atoms with Crippen LogP contribution in [0.15, 0.2) is 22.7 Å². The number of hydrogen-bond acceptors (Lipinski definition) is 3. The van der Waals surface area contributed by atoms with Crippen molar-refractivity contribution in [2.45, 2.75) is 13.0 Å². The highest BCUT2D eigenvalue weighted by molar-refractivity contribution is 9.10. The van der Waals surface area contributed by atoms with Gasteiger partial charge in [0.1, 0.15) is 0 Å². The van der Waals surface area contributed by atoms with Crippen LogP contribution in [0.1, 0.15) is 15.9 Å². The molecular weight excluding hydrogens is 286 g/mol. The average Bonchev–Trinajstić information content (AvgIpc) is 2.31. The Hall–Kier alpha value is -0.910. The zero-order chi connectivity index (χ0) is 12.8. The molecule has 2 N–H and O–H groups in total. The van der Waals surface area contributed by atoms with Gasteiger partial charge in [0, 0.05) is 17.1 Å². The van der Waals surface area contributed by atoms with Crippen LogP contribution in [0, 0.1) is 6.92 Å². The quantitative estimate of drug-likeness (QED) is 0.866. The second kappa shape index (κ2) is 6.74. The SMILES string of the molecule is COCC(CO)NC(=O)c1ccc(C)c(Br)c1. The van der Waals surface area contributed by atoms with Crippen molar-refractivity contribution in [2.24, 2.45) is 0 Å². The van der Waals surface area contributed by atoms with Gasteiger partial charge in [-0.05, 0) is 24.6 Å². The number of aryl methyl sites for hydroxylation is 1. The van der Waals surface area contributed by atoms with E-state index in [0.717, 1.165) is 10.0 Å². The molecule has 0 aliphatic carbocycles. The summed E-state index contributed by atoms with van der Waals surface area (Å²) < 4.78 is 5.78. The third kappa shape index (κ3) is 4.11. The molecule has 4 nitrogen and oxygen atoms in total. The fourth-order valence-corrected chi connectivity index (χ4v) is 1.72. The van der Waals surface area contributed by atoms with Crippen molar-refractivity contribution in [2.75, 3.05) is 20.3 Å². The molecule has 0 spiro atoms. The number of amides is 1. The van der Waals surface area contributed by atoms with E-state index in [9.17, 15) is 4.79 Å². The number of carbonyl (C=O) groups excluding carboxylic acids is 1. The lowest BCUT2D eigenvalue weighted by Gasteiger charge is -2.15. The number of aliphatic hydroxyl groups excluding tert-OH is 1. The number of ether oxygens (including phenoxy) is 1. The minimum atomic E-state index is -0.382. The lowest BCUT2D eigenvalue weighted by molar-refractivity contribution is 0.0839. The molecule has 17 heavy (non-hydrogen) atoms. The van der Waals surface area contributed by atoms with Gasteiger partial charge in [-0.3, -0.25) is 4.79 Å². The Labute approximate surface area is 109 Å². The maximum atomic E-state index is 11.9. The number of hydrogen-bond donors (Lipinski definition) is 2. The first-order valence-corrected chi connectivity index (χ1v) is 6.04. The number of carbonyl (C=O) groups is 1. The molecule has 0 aliphatic heterocycles. The molecule has 1 aromatic rings. The standard InChI is InChI=1S/C12H16BrNO3/c1-8-3-4-9(5-11(8)13)12(16)14-10(6-15)7-17-2/h3-5,10,15H,6-7H2,1-2H3,(H,14,16). The molecule has 0 saturated heterocycles. The first kappa shape index (κ1) is 14.2. The van der Waals surface area contributed by atoms with Crippen LogP contribution in [0.2, 0.25) is 0 Å². The molecule has 0 radical (unpaired) electrons. The monoisotopic (exact) mass is 301 g/mol. The Kier molecular flexibility index (Phi) is 5.61. The molecule has 0 heterocycles. The summed E-state index contributed by atoms with van der Waals surface area (Å²) in [5.74, 6) is -0.221. The van der Waals surface area contributed by atoms with Crippen LogP contribution in [0.5, 0.6) is 0 Å². The summed E-state index contributed by atoms with van der Waals surface area (Å²) in [6.45, 7) is 2.09. The number of benzene rings is 1. The molecule has 1 rings (SSSR count). The molecule has 0 bridgehead atoms. The van der Waals surface area contributed by atoms with Crippen LogP contribution >= 0.6 is 15.9 Å². The van der Waals surface area contributed by atoms with E-state index in [-0.39, 0.29) is 25.2 Å². The molecule has 5 heteroatoms. The Balaban J connectivity index is 2.72. The summed E-state index contributed by atoms with van der Waals surface area (Å²) >= 11 is 3.37. The van der Waals surface area contributed by atoms with E-state index >= 15 is 0 Å². The van der Waals surface area contributed by atoms with Gasteiger partial charge in [-0.2, -0.15) is 0 Å². The highest BCUT2D eigenvalue weighted by atomic mass is 79.9. The summed E-state index contributed by atoms with van der Waals surface area (Å²) in [6, 6.07) is 4.99. The zero-order valence-electron chi connectivity index (χ0n) is 9.87. The summed E-state index contributed by atoms with van der Waals surface area (Å²) in [6.07, 6.45) is 0. The van der Waals surface area contributed by atoms with Crippen molar-refractivity contribution in [1.29, 1.82) is 0 Å². The Morgan fingerprint density at radius 1 is 1.59 bits per heavy atom. The van der Waals surface area contributed by atoms with E-state index in [1.54, 1.807) is 12.1 Å². The van der Waals surface area contributed by atoms with Crippen LogP contribution < -0.4 is 5.32 Å². The Morgan fingerprint density at radius 3 is 2.82 bits per heavy atom. The van der Waals surface area contributed by atoms with Crippen molar-refractivity contribution in [3.63, 3.8) is 0 Å². The first-order valence-electron chi connectivity index (χ1n) is 5.25. The van der Waals surface area contributed by atoms with Crippen molar-refractivity contribution in [1.82, 2.24) is 5.32 Å². The highest BCUT2D eigenvalue weighted by Crippen LogP contribution is 2.17. The zero-order valence-corrected chi connectivity index (χ0v) is 11.5. The Morgan fingerprint density at radius 2 is 2.29 bits per heavy atom. The van der Waals surface area contributed by atoms with Gasteiger partial charge < -0.3 is 15.2 Å². The van der Waals surface area contributed by atoms with Crippen LogP contribution in [-0.4, -0.2) is 37.4 Å². The second-order valence-electron chi connectivity index (χ2n) is 3.77. The number of methoxy groups -OCH3 is 1. The lowest BCUT2D eigenvalue weighted by atomic mass is 10.1. The third-order valence-electron chi connectivity index (χ3n) is 2.36. The molecule has 94 valence electrons. The largest absolute Gasteiger partial charge is 0.394 e. The van der Waals surface area contributed by atoms with Gasteiger partial charge in [-0.25, -0.2) is 0 Å². The van der Waals surface area contributed by atoms with Gasteiger partial charge in [-0.15, -0.1) is 0 Å². The van der Waals surface area contributed by atoms with Gasteiger partial charge in [0.25, 0.3) is 5.91 Å². The van der Waals surface area contributed by atoms with Gasteiger partial charge >= 0.3 is 0 Å². The van der Waals surface area contributed by atoms with E-state index in [4.69, 9.17) is 9.84 Å². The molecule has 0 fully saturated rings. The predicted octanol–water partition coefficient (Wildman–Crippen LogP) is 1.49. The molecular formula is C12H16BrNO3. The van der Waals surface area contributed by atoms with Crippen LogP contribution in [0.25, 0.3) is 0 Å². The van der Waals surface area contributed by atoms with E-state index in [1.165, 1.54) is 7.11 Å². The number of halogens is 1. The number of nitrogens with one attached hydrogen (secondary N) is 1. The van der Waals surface area contributed by atoms with E-state index < -0.39 is 0 Å². The summed E-state index contributed by atoms with van der Waals surface area (Å²) in [5, 5.41) is 11.7. The second-order valence-corrected chi connectivity index (χ2v) is 4.63.